The van der Waals surface area contributed by atoms with Crippen LogP contribution in [-0.4, -0.2) is 18.0 Å². The Balaban J connectivity index is 2.08. The van der Waals surface area contributed by atoms with Gasteiger partial charge in [0, 0.05) is 5.69 Å². The molecule has 0 aromatic heterocycles. The second-order valence-electron chi connectivity index (χ2n) is 6.51. The molecule has 26 heavy (non-hydrogen) atoms. The van der Waals surface area contributed by atoms with Crippen molar-refractivity contribution in [1.82, 2.24) is 0 Å². The van der Waals surface area contributed by atoms with Gasteiger partial charge in [-0.2, -0.15) is 0 Å². The van der Waals surface area contributed by atoms with E-state index in [1.807, 2.05) is 0 Å². The molecule has 0 unspecified atom stereocenters. The number of hydrogen-bond acceptors (Lipinski definition) is 4. The summed E-state index contributed by atoms with van der Waals surface area (Å²) in [7, 11) is 0. The fourth-order valence-corrected chi connectivity index (χ4v) is 2.09. The quantitative estimate of drug-likeness (QED) is 0.782. The summed E-state index contributed by atoms with van der Waals surface area (Å²) in [6.45, 7) is 5.08. The van der Waals surface area contributed by atoms with Crippen LogP contribution in [0.1, 0.15) is 36.7 Å². The van der Waals surface area contributed by atoms with Crippen LogP contribution in [0.4, 0.5) is 19.3 Å². The fourth-order valence-electron chi connectivity index (χ4n) is 2.09. The number of benzene rings is 2. The largest absolute Gasteiger partial charge is 0.483 e. The van der Waals surface area contributed by atoms with E-state index in [0.29, 0.717) is 11.3 Å². The number of halogens is 2. The van der Waals surface area contributed by atoms with Crippen LogP contribution in [-0.2, 0) is 11.3 Å². The highest BCUT2D eigenvalue weighted by Crippen LogP contribution is 2.25. The van der Waals surface area contributed by atoms with E-state index in [4.69, 9.17) is 9.47 Å². The van der Waals surface area contributed by atoms with Gasteiger partial charge in [0.25, 0.3) is 0 Å². The summed E-state index contributed by atoms with van der Waals surface area (Å²) in [4.78, 5) is 22.5. The SMILES string of the molecule is CC(C)(C)OC(=O)Nc1cccc(COc2c(F)ccc(C=O)c2F)c1. The molecule has 5 nitrogen and oxygen atoms in total. The van der Waals surface area contributed by atoms with Crippen molar-refractivity contribution in [3.8, 4) is 5.75 Å². The van der Waals surface area contributed by atoms with Gasteiger partial charge in [-0.1, -0.05) is 12.1 Å². The number of hydrogen-bond donors (Lipinski definition) is 1. The molecular formula is C19H19F2NO4. The molecule has 0 spiro atoms. The van der Waals surface area contributed by atoms with E-state index >= 15 is 0 Å². The van der Waals surface area contributed by atoms with E-state index in [-0.39, 0.29) is 18.5 Å². The molecule has 0 saturated heterocycles. The van der Waals surface area contributed by atoms with Gasteiger partial charge in [-0.05, 0) is 50.6 Å². The van der Waals surface area contributed by atoms with E-state index in [0.717, 1.165) is 12.1 Å². The minimum Gasteiger partial charge on any atom is -0.483 e. The minimum atomic E-state index is -1.05. The molecule has 2 aromatic carbocycles. The van der Waals surface area contributed by atoms with E-state index in [2.05, 4.69) is 5.32 Å². The van der Waals surface area contributed by atoms with Crippen molar-refractivity contribution in [2.75, 3.05) is 5.32 Å². The van der Waals surface area contributed by atoms with Gasteiger partial charge in [-0.25, -0.2) is 13.6 Å². The molecule has 138 valence electrons. The number of aldehydes is 1. The van der Waals surface area contributed by atoms with Gasteiger partial charge in [0.05, 0.1) is 5.56 Å². The molecule has 0 heterocycles. The third-order valence-electron chi connectivity index (χ3n) is 3.16. The minimum absolute atomic E-state index is 0.153. The standard InChI is InChI=1S/C19H19F2NO4/c1-19(2,3)26-18(24)22-14-6-4-5-12(9-14)11-25-17-15(20)8-7-13(10-23)16(17)21/h4-10H,11H2,1-3H3,(H,22,24). The van der Waals surface area contributed by atoms with Crippen LogP contribution in [0.5, 0.6) is 5.75 Å². The van der Waals surface area contributed by atoms with Crippen LogP contribution in [0.25, 0.3) is 0 Å². The first-order chi connectivity index (χ1) is 12.2. The Morgan fingerprint density at radius 3 is 2.58 bits per heavy atom. The first-order valence-corrected chi connectivity index (χ1v) is 7.84. The van der Waals surface area contributed by atoms with Gasteiger partial charge in [-0.3, -0.25) is 10.1 Å². The lowest BCUT2D eigenvalue weighted by molar-refractivity contribution is 0.0635. The molecular weight excluding hydrogens is 344 g/mol. The molecule has 0 radical (unpaired) electrons. The molecule has 1 N–H and O–H groups in total. The van der Waals surface area contributed by atoms with Gasteiger partial charge in [0.1, 0.15) is 12.2 Å². The number of carbonyl (C=O) groups is 2. The van der Waals surface area contributed by atoms with E-state index in [1.165, 1.54) is 0 Å². The number of rotatable bonds is 5. The molecule has 2 rings (SSSR count). The monoisotopic (exact) mass is 363 g/mol. The van der Waals surface area contributed by atoms with Crippen LogP contribution < -0.4 is 10.1 Å². The van der Waals surface area contributed by atoms with Gasteiger partial charge in [0.2, 0.25) is 0 Å². The second kappa shape index (κ2) is 7.95. The second-order valence-corrected chi connectivity index (χ2v) is 6.51. The van der Waals surface area contributed by atoms with Crippen LogP contribution in [0.3, 0.4) is 0 Å². The third kappa shape index (κ3) is 5.27. The van der Waals surface area contributed by atoms with Gasteiger partial charge < -0.3 is 9.47 Å². The van der Waals surface area contributed by atoms with E-state index < -0.39 is 29.1 Å². The van der Waals surface area contributed by atoms with Crippen LogP contribution in [0.2, 0.25) is 0 Å². The fraction of sp³-hybridized carbons (Fsp3) is 0.263. The Morgan fingerprint density at radius 1 is 1.19 bits per heavy atom. The Hall–Kier alpha value is -2.96. The Labute approximate surface area is 149 Å². The summed E-state index contributed by atoms with van der Waals surface area (Å²) in [6.07, 6.45) is -0.334. The van der Waals surface area contributed by atoms with Crippen molar-refractivity contribution in [1.29, 1.82) is 0 Å². The third-order valence-corrected chi connectivity index (χ3v) is 3.16. The molecule has 2 aromatic rings. The van der Waals surface area contributed by atoms with Crippen molar-refractivity contribution in [2.24, 2.45) is 0 Å². The van der Waals surface area contributed by atoms with Crippen LogP contribution >= 0.6 is 0 Å². The summed E-state index contributed by atoms with van der Waals surface area (Å²) < 4.78 is 38.0. The maximum Gasteiger partial charge on any atom is 0.412 e. The smallest absolute Gasteiger partial charge is 0.412 e. The zero-order valence-corrected chi connectivity index (χ0v) is 14.6. The molecule has 0 saturated carbocycles. The van der Waals surface area contributed by atoms with Crippen molar-refractivity contribution in [3.63, 3.8) is 0 Å². The number of amides is 1. The van der Waals surface area contributed by atoms with Gasteiger partial charge in [-0.15, -0.1) is 0 Å². The van der Waals surface area contributed by atoms with Crippen molar-refractivity contribution in [3.05, 3.63) is 59.2 Å². The lowest BCUT2D eigenvalue weighted by Crippen LogP contribution is -2.27. The Kier molecular flexibility index (Phi) is 5.92. The molecule has 0 fully saturated rings. The van der Waals surface area contributed by atoms with Gasteiger partial charge in [0.15, 0.2) is 23.7 Å². The first kappa shape index (κ1) is 19.4. The topological polar surface area (TPSA) is 64.6 Å². The maximum atomic E-state index is 14.0. The van der Waals surface area contributed by atoms with E-state index in [1.54, 1.807) is 45.0 Å². The number of ether oxygens (including phenoxy) is 2. The van der Waals surface area contributed by atoms with Gasteiger partial charge >= 0.3 is 6.09 Å². The summed E-state index contributed by atoms with van der Waals surface area (Å²) in [5.74, 6) is -2.58. The van der Waals surface area contributed by atoms with Crippen molar-refractivity contribution >= 4 is 18.1 Å². The number of carbonyl (C=O) groups excluding carboxylic acids is 2. The maximum absolute atomic E-state index is 14.0. The van der Waals surface area contributed by atoms with E-state index in [9.17, 15) is 18.4 Å². The normalized spacial score (nSPS) is 11.0. The molecule has 7 heteroatoms. The molecule has 1 amide bonds. The highest BCUT2D eigenvalue weighted by atomic mass is 19.1. The highest BCUT2D eigenvalue weighted by Gasteiger charge is 2.17. The zero-order chi connectivity index (χ0) is 19.3. The summed E-state index contributed by atoms with van der Waals surface area (Å²) >= 11 is 0. The number of anilines is 1. The highest BCUT2D eigenvalue weighted by molar-refractivity contribution is 5.84. The summed E-state index contributed by atoms with van der Waals surface area (Å²) in [5.41, 5.74) is 0.0854. The lowest BCUT2D eigenvalue weighted by atomic mass is 10.2. The molecule has 0 bridgehead atoms. The predicted molar refractivity (Wildman–Crippen MR) is 92.4 cm³/mol. The first-order valence-electron chi connectivity index (χ1n) is 7.84. The predicted octanol–water partition coefficient (Wildman–Crippen LogP) is 4.70. The van der Waals surface area contributed by atoms with Crippen molar-refractivity contribution < 1.29 is 27.8 Å². The Morgan fingerprint density at radius 2 is 1.92 bits per heavy atom. The molecule has 0 aliphatic rings. The molecule has 0 aliphatic heterocycles. The van der Waals surface area contributed by atoms with Crippen LogP contribution in [0.15, 0.2) is 36.4 Å². The average Bonchev–Trinajstić information content (AvgIpc) is 2.53. The summed E-state index contributed by atoms with van der Waals surface area (Å²) in [6, 6.07) is 8.54. The van der Waals surface area contributed by atoms with Crippen molar-refractivity contribution in [2.45, 2.75) is 33.0 Å². The summed E-state index contributed by atoms with van der Waals surface area (Å²) in [5, 5.41) is 2.57. The van der Waals surface area contributed by atoms with Crippen LogP contribution in [0, 0.1) is 11.6 Å². The average molecular weight is 363 g/mol. The number of nitrogens with one attached hydrogen (secondary N) is 1. The molecule has 0 atom stereocenters. The Bertz CT molecular complexity index is 816. The molecule has 0 aliphatic carbocycles. The lowest BCUT2D eigenvalue weighted by Gasteiger charge is -2.19. The zero-order valence-electron chi connectivity index (χ0n) is 14.6.